The maximum atomic E-state index is 2.34. The quantitative estimate of drug-likeness (QED) is 0.740. The lowest BCUT2D eigenvalue weighted by molar-refractivity contribution is 1.28. The van der Waals surface area contributed by atoms with Crippen LogP contribution < -0.4 is 0 Å². The Labute approximate surface area is 117 Å². The van der Waals surface area contributed by atoms with Crippen molar-refractivity contribution in [2.45, 2.75) is 12.8 Å². The summed E-state index contributed by atoms with van der Waals surface area (Å²) in [7, 11) is 0. The molecule has 0 radical (unpaired) electrons. The van der Waals surface area contributed by atoms with Crippen molar-refractivity contribution in [2.75, 3.05) is 0 Å². The molecular weight excluding hydrogens is 248 g/mol. The number of benzene rings is 2. The normalized spacial score (nSPS) is 15.8. The van der Waals surface area contributed by atoms with E-state index in [2.05, 4.69) is 60.7 Å². The Morgan fingerprint density at radius 1 is 0.632 bits per heavy atom. The first-order valence-electron chi connectivity index (χ1n) is 6.63. The standard InChI is InChI=1S/C18H14S/c1-2-6-14-10-17(9-13(14)5-1)19-18-11-15-7-3-4-8-16(15)12-18/h1-9,11H,10,12H2. The fourth-order valence-corrected chi connectivity index (χ4v) is 3.96. The molecule has 19 heavy (non-hydrogen) atoms. The largest absolute Gasteiger partial charge is 0.0983 e. The van der Waals surface area contributed by atoms with Crippen molar-refractivity contribution in [3.63, 3.8) is 0 Å². The molecule has 0 atom stereocenters. The van der Waals surface area contributed by atoms with Crippen LogP contribution >= 0.6 is 11.8 Å². The van der Waals surface area contributed by atoms with Gasteiger partial charge in [0.15, 0.2) is 0 Å². The fraction of sp³-hybridized carbons (Fsp3) is 0.111. The average molecular weight is 262 g/mol. The Kier molecular flexibility index (Phi) is 2.59. The van der Waals surface area contributed by atoms with E-state index in [1.54, 1.807) is 0 Å². The monoisotopic (exact) mass is 262 g/mol. The topological polar surface area (TPSA) is 0 Å². The van der Waals surface area contributed by atoms with Gasteiger partial charge in [-0.15, -0.1) is 0 Å². The maximum absolute atomic E-state index is 2.34. The Hall–Kier alpha value is -1.73. The first kappa shape index (κ1) is 11.1. The molecule has 0 unspecified atom stereocenters. The zero-order valence-corrected chi connectivity index (χ0v) is 11.4. The molecule has 1 heteroatoms. The molecule has 0 aliphatic heterocycles. The van der Waals surface area contributed by atoms with E-state index >= 15 is 0 Å². The number of hydrogen-bond acceptors (Lipinski definition) is 1. The highest BCUT2D eigenvalue weighted by Gasteiger charge is 2.17. The van der Waals surface area contributed by atoms with Crippen LogP contribution in [0.25, 0.3) is 12.2 Å². The molecule has 2 aliphatic rings. The van der Waals surface area contributed by atoms with Gasteiger partial charge in [-0.05, 0) is 44.2 Å². The molecule has 0 saturated heterocycles. The van der Waals surface area contributed by atoms with Gasteiger partial charge < -0.3 is 0 Å². The molecule has 2 aliphatic carbocycles. The van der Waals surface area contributed by atoms with E-state index < -0.39 is 0 Å². The lowest BCUT2D eigenvalue weighted by atomic mass is 10.1. The predicted octanol–water partition coefficient (Wildman–Crippen LogP) is 4.91. The van der Waals surface area contributed by atoms with Gasteiger partial charge >= 0.3 is 0 Å². The van der Waals surface area contributed by atoms with Gasteiger partial charge in [0.25, 0.3) is 0 Å². The smallest absolute Gasteiger partial charge is 0.00440 e. The number of hydrogen-bond donors (Lipinski definition) is 0. The Bertz CT molecular complexity index is 646. The molecule has 0 heterocycles. The lowest BCUT2D eigenvalue weighted by Gasteiger charge is -2.02. The second-order valence-corrected chi connectivity index (χ2v) is 6.33. The first-order valence-corrected chi connectivity index (χ1v) is 7.45. The highest BCUT2D eigenvalue weighted by molar-refractivity contribution is 8.07. The molecule has 0 amide bonds. The number of thioether (sulfide) groups is 1. The van der Waals surface area contributed by atoms with Gasteiger partial charge in [-0.1, -0.05) is 60.3 Å². The third kappa shape index (κ3) is 2.04. The van der Waals surface area contributed by atoms with Crippen molar-refractivity contribution in [1.29, 1.82) is 0 Å². The molecule has 0 N–H and O–H groups in total. The Morgan fingerprint density at radius 3 is 1.58 bits per heavy atom. The summed E-state index contributed by atoms with van der Waals surface area (Å²) in [5.74, 6) is 0. The minimum absolute atomic E-state index is 1.09. The Morgan fingerprint density at radius 2 is 1.11 bits per heavy atom. The summed E-state index contributed by atoms with van der Waals surface area (Å²) in [6.07, 6.45) is 6.86. The molecule has 4 rings (SSSR count). The van der Waals surface area contributed by atoms with Crippen molar-refractivity contribution in [2.24, 2.45) is 0 Å². The molecule has 0 aromatic heterocycles. The van der Waals surface area contributed by atoms with Crippen molar-refractivity contribution >= 4 is 23.9 Å². The van der Waals surface area contributed by atoms with E-state index in [1.807, 2.05) is 11.8 Å². The van der Waals surface area contributed by atoms with E-state index in [1.165, 1.54) is 32.1 Å². The van der Waals surface area contributed by atoms with Gasteiger partial charge in [-0.2, -0.15) is 0 Å². The minimum Gasteiger partial charge on any atom is -0.0983 e. The van der Waals surface area contributed by atoms with E-state index in [-0.39, 0.29) is 0 Å². The summed E-state index contributed by atoms with van der Waals surface area (Å²) >= 11 is 1.95. The van der Waals surface area contributed by atoms with Crippen molar-refractivity contribution < 1.29 is 0 Å². The summed E-state index contributed by atoms with van der Waals surface area (Å²) in [4.78, 5) is 2.94. The van der Waals surface area contributed by atoms with Gasteiger partial charge in [0.2, 0.25) is 0 Å². The van der Waals surface area contributed by atoms with E-state index in [4.69, 9.17) is 0 Å². The van der Waals surface area contributed by atoms with Crippen LogP contribution in [0.5, 0.6) is 0 Å². The molecule has 0 saturated carbocycles. The molecule has 2 aromatic carbocycles. The van der Waals surface area contributed by atoms with Crippen LogP contribution in [0.1, 0.15) is 22.3 Å². The highest BCUT2D eigenvalue weighted by Crippen LogP contribution is 2.40. The van der Waals surface area contributed by atoms with Gasteiger partial charge in [-0.3, -0.25) is 0 Å². The summed E-state index contributed by atoms with van der Waals surface area (Å²) in [6, 6.07) is 17.4. The molecule has 2 aromatic rings. The molecule has 0 spiro atoms. The SMILES string of the molecule is C1=C(SC2=Cc3ccccc3C2)Cc2ccccc21. The minimum atomic E-state index is 1.09. The summed E-state index contributed by atoms with van der Waals surface area (Å²) in [5, 5.41) is 0. The van der Waals surface area contributed by atoms with Crippen LogP contribution in [0.2, 0.25) is 0 Å². The zero-order chi connectivity index (χ0) is 12.7. The molecule has 0 fully saturated rings. The summed E-state index contributed by atoms with van der Waals surface area (Å²) in [5.41, 5.74) is 5.70. The second-order valence-electron chi connectivity index (χ2n) is 5.07. The van der Waals surface area contributed by atoms with Gasteiger partial charge in [0.1, 0.15) is 0 Å². The van der Waals surface area contributed by atoms with Crippen LogP contribution in [0.4, 0.5) is 0 Å². The van der Waals surface area contributed by atoms with Crippen LogP contribution in [0.15, 0.2) is 58.3 Å². The van der Waals surface area contributed by atoms with Crippen molar-refractivity contribution in [3.8, 4) is 0 Å². The van der Waals surface area contributed by atoms with Crippen LogP contribution in [0.3, 0.4) is 0 Å². The third-order valence-corrected chi connectivity index (χ3v) is 4.78. The van der Waals surface area contributed by atoms with Crippen molar-refractivity contribution in [3.05, 3.63) is 80.6 Å². The van der Waals surface area contributed by atoms with Gasteiger partial charge in [0.05, 0.1) is 0 Å². The lowest BCUT2D eigenvalue weighted by Crippen LogP contribution is -1.83. The summed E-state index contributed by atoms with van der Waals surface area (Å²) in [6.45, 7) is 0. The zero-order valence-electron chi connectivity index (χ0n) is 10.6. The highest BCUT2D eigenvalue weighted by atomic mass is 32.2. The van der Waals surface area contributed by atoms with E-state index in [0.29, 0.717) is 0 Å². The van der Waals surface area contributed by atoms with Crippen LogP contribution in [-0.4, -0.2) is 0 Å². The first-order chi connectivity index (χ1) is 9.38. The van der Waals surface area contributed by atoms with Crippen molar-refractivity contribution in [1.82, 2.24) is 0 Å². The van der Waals surface area contributed by atoms with E-state index in [9.17, 15) is 0 Å². The number of rotatable bonds is 2. The number of allylic oxidation sites excluding steroid dienone is 2. The second kappa shape index (κ2) is 4.43. The molecular formula is C18H14S. The third-order valence-electron chi connectivity index (χ3n) is 3.73. The van der Waals surface area contributed by atoms with Gasteiger partial charge in [0, 0.05) is 12.8 Å². The average Bonchev–Trinajstić information content (AvgIpc) is 3.00. The molecule has 0 bridgehead atoms. The fourth-order valence-electron chi connectivity index (χ4n) is 2.80. The Balaban J connectivity index is 1.54. The van der Waals surface area contributed by atoms with E-state index in [0.717, 1.165) is 12.8 Å². The van der Waals surface area contributed by atoms with Crippen LogP contribution in [-0.2, 0) is 12.8 Å². The summed E-state index contributed by atoms with van der Waals surface area (Å²) < 4.78 is 0. The van der Waals surface area contributed by atoms with Crippen LogP contribution in [0, 0.1) is 0 Å². The predicted molar refractivity (Wildman–Crippen MR) is 83.8 cm³/mol. The van der Waals surface area contributed by atoms with Gasteiger partial charge in [-0.25, -0.2) is 0 Å². The molecule has 92 valence electrons. The maximum Gasteiger partial charge on any atom is 0.00440 e. The molecule has 0 nitrogen and oxygen atoms in total. The number of fused-ring (bicyclic) bond motifs is 2.